The van der Waals surface area contributed by atoms with Gasteiger partial charge in [-0.25, -0.2) is 4.79 Å². The number of piperidine rings is 1. The number of anilines is 1. The molecule has 180 valence electrons. The van der Waals surface area contributed by atoms with E-state index in [1.807, 2.05) is 67.6 Å². The van der Waals surface area contributed by atoms with Crippen LogP contribution in [0.3, 0.4) is 0 Å². The number of amides is 4. The minimum Gasteiger partial charge on any atom is -0.348 e. The lowest BCUT2D eigenvalue weighted by atomic mass is 9.85. The van der Waals surface area contributed by atoms with Crippen LogP contribution in [0.15, 0.2) is 60.7 Å². The molecule has 2 aliphatic heterocycles. The van der Waals surface area contributed by atoms with Crippen molar-refractivity contribution in [2.75, 3.05) is 45.3 Å². The molecule has 4 amide bonds. The first-order chi connectivity index (χ1) is 16.3. The monoisotopic (exact) mass is 463 g/mol. The zero-order valence-corrected chi connectivity index (χ0v) is 20.1. The van der Waals surface area contributed by atoms with E-state index in [4.69, 9.17) is 0 Å². The summed E-state index contributed by atoms with van der Waals surface area (Å²) in [6.45, 7) is 3.28. The fourth-order valence-electron chi connectivity index (χ4n) is 4.96. The SMILES string of the molecule is CC(NC(=O)CN1CN(c2ccccc2)C2(CCN(C(=O)N(C)C)CC2)C1=O)c1ccccc1. The highest BCUT2D eigenvalue weighted by Gasteiger charge is 2.54. The Morgan fingerprint density at radius 3 is 2.18 bits per heavy atom. The Kier molecular flexibility index (Phi) is 6.77. The Morgan fingerprint density at radius 1 is 1.00 bits per heavy atom. The van der Waals surface area contributed by atoms with E-state index in [2.05, 4.69) is 10.2 Å². The van der Waals surface area contributed by atoms with Crippen LogP contribution in [-0.2, 0) is 9.59 Å². The van der Waals surface area contributed by atoms with Crippen LogP contribution >= 0.6 is 0 Å². The van der Waals surface area contributed by atoms with Crippen LogP contribution in [0.2, 0.25) is 0 Å². The number of nitrogens with zero attached hydrogens (tertiary/aromatic N) is 4. The van der Waals surface area contributed by atoms with Gasteiger partial charge < -0.3 is 24.9 Å². The Hall–Kier alpha value is -3.55. The molecular formula is C26H33N5O3. The third kappa shape index (κ3) is 4.58. The van der Waals surface area contributed by atoms with Gasteiger partial charge in [0.05, 0.1) is 12.7 Å². The smallest absolute Gasteiger partial charge is 0.319 e. The molecule has 2 fully saturated rings. The predicted octanol–water partition coefficient (Wildman–Crippen LogP) is 2.69. The molecule has 2 aromatic rings. The average Bonchev–Trinajstić information content (AvgIpc) is 3.11. The average molecular weight is 464 g/mol. The number of rotatable bonds is 5. The highest BCUT2D eigenvalue weighted by molar-refractivity contribution is 5.96. The van der Waals surface area contributed by atoms with Crippen molar-refractivity contribution in [3.05, 3.63) is 66.2 Å². The van der Waals surface area contributed by atoms with Crippen molar-refractivity contribution in [3.8, 4) is 0 Å². The van der Waals surface area contributed by atoms with Crippen LogP contribution < -0.4 is 10.2 Å². The van der Waals surface area contributed by atoms with Crippen LogP contribution in [0.5, 0.6) is 0 Å². The molecule has 2 aromatic carbocycles. The van der Waals surface area contributed by atoms with Gasteiger partial charge in [0.2, 0.25) is 5.91 Å². The van der Waals surface area contributed by atoms with Gasteiger partial charge in [0.1, 0.15) is 12.1 Å². The molecule has 1 atom stereocenters. The maximum atomic E-state index is 13.8. The van der Waals surface area contributed by atoms with Crippen molar-refractivity contribution in [2.45, 2.75) is 31.3 Å². The quantitative estimate of drug-likeness (QED) is 0.740. The molecule has 0 saturated carbocycles. The fraction of sp³-hybridized carbons (Fsp3) is 0.423. The Bertz CT molecular complexity index is 1020. The molecule has 8 nitrogen and oxygen atoms in total. The minimum absolute atomic E-state index is 0.00142. The van der Waals surface area contributed by atoms with Gasteiger partial charge in [-0.1, -0.05) is 48.5 Å². The Balaban J connectivity index is 1.50. The van der Waals surface area contributed by atoms with Crippen LogP contribution in [0.25, 0.3) is 0 Å². The Morgan fingerprint density at radius 2 is 1.59 bits per heavy atom. The van der Waals surface area contributed by atoms with Gasteiger partial charge in [0, 0.05) is 32.9 Å². The number of benzene rings is 2. The maximum Gasteiger partial charge on any atom is 0.319 e. The molecule has 1 spiro atoms. The molecule has 0 radical (unpaired) electrons. The first-order valence-corrected chi connectivity index (χ1v) is 11.7. The molecule has 2 saturated heterocycles. The highest BCUT2D eigenvalue weighted by atomic mass is 16.2. The van der Waals surface area contributed by atoms with E-state index in [9.17, 15) is 14.4 Å². The molecule has 0 aromatic heterocycles. The number of carbonyl (C=O) groups excluding carboxylic acids is 3. The summed E-state index contributed by atoms with van der Waals surface area (Å²) in [4.78, 5) is 46.2. The summed E-state index contributed by atoms with van der Waals surface area (Å²) in [5, 5.41) is 3.01. The number of nitrogens with one attached hydrogen (secondary N) is 1. The van der Waals surface area contributed by atoms with Gasteiger partial charge in [-0.3, -0.25) is 9.59 Å². The van der Waals surface area contributed by atoms with Gasteiger partial charge in [-0.15, -0.1) is 0 Å². The van der Waals surface area contributed by atoms with Crippen molar-refractivity contribution < 1.29 is 14.4 Å². The number of carbonyl (C=O) groups is 3. The lowest BCUT2D eigenvalue weighted by molar-refractivity contribution is -0.137. The summed E-state index contributed by atoms with van der Waals surface area (Å²) < 4.78 is 0. The van der Waals surface area contributed by atoms with E-state index in [0.29, 0.717) is 32.6 Å². The van der Waals surface area contributed by atoms with E-state index >= 15 is 0 Å². The molecule has 1 N–H and O–H groups in total. The molecule has 1 unspecified atom stereocenters. The third-order valence-electron chi connectivity index (χ3n) is 6.84. The highest BCUT2D eigenvalue weighted by Crippen LogP contribution is 2.39. The summed E-state index contributed by atoms with van der Waals surface area (Å²) in [6.07, 6.45) is 1.05. The molecule has 2 heterocycles. The lowest BCUT2D eigenvalue weighted by Gasteiger charge is -2.43. The maximum absolute atomic E-state index is 13.8. The molecule has 2 aliphatic rings. The van der Waals surface area contributed by atoms with Crippen molar-refractivity contribution in [2.24, 2.45) is 0 Å². The van der Waals surface area contributed by atoms with Gasteiger partial charge >= 0.3 is 6.03 Å². The largest absolute Gasteiger partial charge is 0.348 e. The summed E-state index contributed by atoms with van der Waals surface area (Å²) in [7, 11) is 3.47. The summed E-state index contributed by atoms with van der Waals surface area (Å²) in [5.74, 6) is -0.231. The van der Waals surface area contributed by atoms with Crippen LogP contribution in [0.1, 0.15) is 31.4 Å². The van der Waals surface area contributed by atoms with Crippen LogP contribution in [0, 0.1) is 0 Å². The summed E-state index contributed by atoms with van der Waals surface area (Å²) in [6, 6.07) is 19.4. The molecular weight excluding hydrogens is 430 g/mol. The van der Waals surface area contributed by atoms with E-state index in [-0.39, 0.29) is 30.4 Å². The summed E-state index contributed by atoms with van der Waals surface area (Å²) in [5.41, 5.74) is 1.21. The third-order valence-corrected chi connectivity index (χ3v) is 6.84. The van der Waals surface area contributed by atoms with Crippen LogP contribution in [-0.4, -0.2) is 78.5 Å². The van der Waals surface area contributed by atoms with Gasteiger partial charge in [0.25, 0.3) is 5.91 Å². The van der Waals surface area contributed by atoms with E-state index in [1.165, 1.54) is 0 Å². The van der Waals surface area contributed by atoms with Crippen molar-refractivity contribution in [3.63, 3.8) is 0 Å². The molecule has 8 heteroatoms. The van der Waals surface area contributed by atoms with Gasteiger partial charge in [-0.05, 0) is 37.5 Å². The normalized spacial score (nSPS) is 18.2. The molecule has 0 aliphatic carbocycles. The number of para-hydroxylation sites is 1. The number of urea groups is 1. The van der Waals surface area contributed by atoms with Crippen molar-refractivity contribution >= 4 is 23.5 Å². The Labute approximate surface area is 201 Å². The topological polar surface area (TPSA) is 76.2 Å². The standard InChI is InChI=1S/C26H33N5O3/c1-20(21-10-6-4-7-11-21)27-23(32)18-30-19-31(22-12-8-5-9-13-22)26(24(30)33)14-16-29(17-15-26)25(34)28(2)3/h4-13,20H,14-19H2,1-3H3,(H,27,32). The van der Waals surface area contributed by atoms with E-state index in [1.54, 1.807) is 28.8 Å². The van der Waals surface area contributed by atoms with Crippen molar-refractivity contribution in [1.29, 1.82) is 0 Å². The number of likely N-dealkylation sites (tertiary alicyclic amines) is 1. The number of hydrogen-bond acceptors (Lipinski definition) is 4. The fourth-order valence-corrected chi connectivity index (χ4v) is 4.96. The minimum atomic E-state index is -0.754. The van der Waals surface area contributed by atoms with Crippen LogP contribution in [0.4, 0.5) is 10.5 Å². The molecule has 34 heavy (non-hydrogen) atoms. The lowest BCUT2D eigenvalue weighted by Crippen LogP contribution is -2.58. The van der Waals surface area contributed by atoms with Gasteiger partial charge in [-0.2, -0.15) is 0 Å². The van der Waals surface area contributed by atoms with Gasteiger partial charge in [0.15, 0.2) is 0 Å². The zero-order valence-electron chi connectivity index (χ0n) is 20.1. The predicted molar refractivity (Wildman–Crippen MR) is 131 cm³/mol. The van der Waals surface area contributed by atoms with Crippen molar-refractivity contribution in [1.82, 2.24) is 20.0 Å². The second-order valence-corrected chi connectivity index (χ2v) is 9.30. The second-order valence-electron chi connectivity index (χ2n) is 9.30. The van der Waals surface area contributed by atoms with E-state index < -0.39 is 5.54 Å². The first-order valence-electron chi connectivity index (χ1n) is 11.7. The van der Waals surface area contributed by atoms with E-state index in [0.717, 1.165) is 11.3 Å². The second kappa shape index (κ2) is 9.75. The number of hydrogen-bond donors (Lipinski definition) is 1. The molecule has 0 bridgehead atoms. The summed E-state index contributed by atoms with van der Waals surface area (Å²) >= 11 is 0. The zero-order chi connectivity index (χ0) is 24.3. The first kappa shape index (κ1) is 23.6. The molecule has 4 rings (SSSR count).